The summed E-state index contributed by atoms with van der Waals surface area (Å²) in [6, 6.07) is 16.4. The second-order valence-electron chi connectivity index (χ2n) is 7.13. The van der Waals surface area contributed by atoms with E-state index in [1.807, 2.05) is 37.3 Å². The fraction of sp³-hybridized carbons (Fsp3) is 0.240. The van der Waals surface area contributed by atoms with E-state index in [1.165, 1.54) is 0 Å². The molecule has 0 radical (unpaired) electrons. The van der Waals surface area contributed by atoms with E-state index >= 15 is 0 Å². The molecule has 31 heavy (non-hydrogen) atoms. The van der Waals surface area contributed by atoms with E-state index < -0.39 is 11.8 Å². The fourth-order valence-corrected chi connectivity index (χ4v) is 3.23. The highest BCUT2D eigenvalue weighted by Crippen LogP contribution is 2.29. The number of nitriles is 1. The molecule has 0 saturated carbocycles. The van der Waals surface area contributed by atoms with Crippen molar-refractivity contribution in [2.75, 3.05) is 13.7 Å². The standard InChI is InChI=1S/C25H24N2O4/c1-4-13-31-21-11-5-18(6-12-21)14-22-17(2)23(15-26)25(29)27(24(22)28)16-19-7-9-20(30-3)10-8-19/h5-12,14H,4,13,16H2,1-3H3/b22-14+. The Balaban J connectivity index is 1.92. The Morgan fingerprint density at radius 2 is 1.65 bits per heavy atom. The Morgan fingerprint density at radius 1 is 1.00 bits per heavy atom. The summed E-state index contributed by atoms with van der Waals surface area (Å²) in [6.45, 7) is 4.37. The number of carbonyl (C=O) groups is 2. The summed E-state index contributed by atoms with van der Waals surface area (Å²) in [7, 11) is 1.57. The van der Waals surface area contributed by atoms with Gasteiger partial charge in [0.1, 0.15) is 23.1 Å². The molecule has 0 aliphatic carbocycles. The van der Waals surface area contributed by atoms with Gasteiger partial charge in [0.25, 0.3) is 11.8 Å². The van der Waals surface area contributed by atoms with Crippen molar-refractivity contribution in [3.05, 3.63) is 76.4 Å². The van der Waals surface area contributed by atoms with Gasteiger partial charge in [-0.15, -0.1) is 0 Å². The number of benzene rings is 2. The topological polar surface area (TPSA) is 79.6 Å². The molecular weight excluding hydrogens is 392 g/mol. The monoisotopic (exact) mass is 416 g/mol. The van der Waals surface area contributed by atoms with Crippen LogP contribution in [0.4, 0.5) is 0 Å². The van der Waals surface area contributed by atoms with Crippen LogP contribution in [0.25, 0.3) is 6.08 Å². The number of nitrogens with zero attached hydrogens (tertiary/aromatic N) is 2. The van der Waals surface area contributed by atoms with Crippen molar-refractivity contribution in [2.45, 2.75) is 26.8 Å². The van der Waals surface area contributed by atoms with Gasteiger partial charge in [-0.05, 0) is 60.4 Å². The maximum absolute atomic E-state index is 13.2. The molecule has 0 spiro atoms. The van der Waals surface area contributed by atoms with Crippen molar-refractivity contribution >= 4 is 17.9 Å². The summed E-state index contributed by atoms with van der Waals surface area (Å²) >= 11 is 0. The number of ether oxygens (including phenoxy) is 2. The van der Waals surface area contributed by atoms with E-state index in [2.05, 4.69) is 0 Å². The van der Waals surface area contributed by atoms with E-state index in [4.69, 9.17) is 9.47 Å². The lowest BCUT2D eigenvalue weighted by molar-refractivity contribution is -0.141. The van der Waals surface area contributed by atoms with Gasteiger partial charge >= 0.3 is 0 Å². The lowest BCUT2D eigenvalue weighted by Gasteiger charge is -2.27. The van der Waals surface area contributed by atoms with E-state index in [9.17, 15) is 14.9 Å². The first-order valence-corrected chi connectivity index (χ1v) is 10.0. The molecule has 0 unspecified atom stereocenters. The maximum atomic E-state index is 13.2. The Hall–Kier alpha value is -3.85. The average Bonchev–Trinajstić information content (AvgIpc) is 2.79. The van der Waals surface area contributed by atoms with Gasteiger partial charge < -0.3 is 9.47 Å². The third-order valence-corrected chi connectivity index (χ3v) is 4.99. The van der Waals surface area contributed by atoms with Crippen molar-refractivity contribution in [3.8, 4) is 17.6 Å². The largest absolute Gasteiger partial charge is 0.497 e. The van der Waals surface area contributed by atoms with Crippen LogP contribution in [-0.4, -0.2) is 30.4 Å². The maximum Gasteiger partial charge on any atom is 0.271 e. The fourth-order valence-electron chi connectivity index (χ4n) is 3.23. The third-order valence-electron chi connectivity index (χ3n) is 4.99. The van der Waals surface area contributed by atoms with Gasteiger partial charge in [-0.3, -0.25) is 14.5 Å². The Bertz CT molecular complexity index is 1070. The number of hydrogen-bond donors (Lipinski definition) is 0. The van der Waals surface area contributed by atoms with Gasteiger partial charge in [-0.1, -0.05) is 31.2 Å². The molecule has 0 aromatic heterocycles. The summed E-state index contributed by atoms with van der Waals surface area (Å²) in [5, 5.41) is 9.55. The molecule has 6 heteroatoms. The van der Waals surface area contributed by atoms with Crippen LogP contribution in [0.5, 0.6) is 11.5 Å². The summed E-state index contributed by atoms with van der Waals surface area (Å²) in [5.41, 5.74) is 2.22. The SMILES string of the molecule is CCCOc1ccc(/C=C2/C(=O)N(Cc3ccc(OC)cc3)C(=O)C(C#N)=C2C)cc1. The molecular formula is C25H24N2O4. The molecule has 3 rings (SSSR count). The number of rotatable bonds is 7. The second kappa shape index (κ2) is 9.77. The minimum absolute atomic E-state index is 0.0257. The Morgan fingerprint density at radius 3 is 2.23 bits per heavy atom. The summed E-state index contributed by atoms with van der Waals surface area (Å²) < 4.78 is 10.7. The summed E-state index contributed by atoms with van der Waals surface area (Å²) in [5.74, 6) is 0.422. The first-order valence-electron chi connectivity index (χ1n) is 10.0. The zero-order valence-electron chi connectivity index (χ0n) is 17.8. The zero-order valence-corrected chi connectivity index (χ0v) is 17.8. The molecule has 0 bridgehead atoms. The highest BCUT2D eigenvalue weighted by molar-refractivity contribution is 6.19. The van der Waals surface area contributed by atoms with E-state index in [0.717, 1.165) is 28.2 Å². The van der Waals surface area contributed by atoms with Gasteiger partial charge in [0.05, 0.1) is 20.3 Å². The second-order valence-corrected chi connectivity index (χ2v) is 7.13. The van der Waals surface area contributed by atoms with Crippen molar-refractivity contribution in [1.29, 1.82) is 5.26 Å². The van der Waals surface area contributed by atoms with E-state index in [-0.39, 0.29) is 12.1 Å². The Kier molecular flexibility index (Phi) is 6.88. The van der Waals surface area contributed by atoms with Crippen LogP contribution in [0.1, 0.15) is 31.4 Å². The Labute approximate surface area is 182 Å². The van der Waals surface area contributed by atoms with Crippen LogP contribution >= 0.6 is 0 Å². The molecule has 6 nitrogen and oxygen atoms in total. The van der Waals surface area contributed by atoms with E-state index in [1.54, 1.807) is 44.4 Å². The molecule has 2 aromatic carbocycles. The molecule has 0 fully saturated rings. The molecule has 0 N–H and O–H groups in total. The summed E-state index contributed by atoms with van der Waals surface area (Å²) in [6.07, 6.45) is 2.62. The number of methoxy groups -OCH3 is 1. The van der Waals surface area contributed by atoms with Gasteiger partial charge in [0.2, 0.25) is 0 Å². The molecule has 1 aliphatic rings. The highest BCUT2D eigenvalue weighted by atomic mass is 16.5. The van der Waals surface area contributed by atoms with Crippen molar-refractivity contribution in [1.82, 2.24) is 4.90 Å². The molecule has 0 saturated heterocycles. The average molecular weight is 416 g/mol. The first kappa shape index (κ1) is 21.8. The first-order chi connectivity index (χ1) is 15.0. The highest BCUT2D eigenvalue weighted by Gasteiger charge is 2.35. The smallest absolute Gasteiger partial charge is 0.271 e. The number of amides is 2. The normalized spacial score (nSPS) is 15.3. The minimum Gasteiger partial charge on any atom is -0.497 e. The minimum atomic E-state index is -0.582. The van der Waals surface area contributed by atoms with Crippen molar-refractivity contribution in [3.63, 3.8) is 0 Å². The van der Waals surface area contributed by atoms with Gasteiger partial charge in [0, 0.05) is 5.57 Å². The molecule has 2 amide bonds. The molecule has 1 heterocycles. The number of hydrogen-bond acceptors (Lipinski definition) is 5. The zero-order chi connectivity index (χ0) is 22.4. The van der Waals surface area contributed by atoms with Crippen LogP contribution in [0.3, 0.4) is 0 Å². The van der Waals surface area contributed by atoms with Crippen LogP contribution in [0.15, 0.2) is 65.3 Å². The molecule has 2 aromatic rings. The molecule has 0 atom stereocenters. The number of carbonyl (C=O) groups excluding carboxylic acids is 2. The van der Waals surface area contributed by atoms with E-state index in [0.29, 0.717) is 23.5 Å². The lowest BCUT2D eigenvalue weighted by atomic mass is 9.93. The van der Waals surface area contributed by atoms with Crippen molar-refractivity contribution < 1.29 is 19.1 Å². The third kappa shape index (κ3) is 4.84. The van der Waals surface area contributed by atoms with Crippen LogP contribution in [0.2, 0.25) is 0 Å². The lowest BCUT2D eigenvalue weighted by Crippen LogP contribution is -2.42. The quantitative estimate of drug-likeness (QED) is 0.497. The van der Waals surface area contributed by atoms with Crippen LogP contribution in [0, 0.1) is 11.3 Å². The predicted molar refractivity (Wildman–Crippen MR) is 117 cm³/mol. The van der Waals surface area contributed by atoms with Gasteiger partial charge in [0.15, 0.2) is 0 Å². The van der Waals surface area contributed by atoms with Crippen LogP contribution < -0.4 is 9.47 Å². The van der Waals surface area contributed by atoms with Crippen molar-refractivity contribution in [2.24, 2.45) is 0 Å². The van der Waals surface area contributed by atoms with Gasteiger partial charge in [-0.2, -0.15) is 5.26 Å². The predicted octanol–water partition coefficient (Wildman–Crippen LogP) is 4.28. The van der Waals surface area contributed by atoms with Gasteiger partial charge in [-0.25, -0.2) is 0 Å². The summed E-state index contributed by atoms with van der Waals surface area (Å²) in [4.78, 5) is 27.1. The molecule has 158 valence electrons. The number of imide groups is 1. The van der Waals surface area contributed by atoms with Crippen LogP contribution in [-0.2, 0) is 16.1 Å². The molecule has 1 aliphatic heterocycles.